The van der Waals surface area contributed by atoms with Gasteiger partial charge in [0.25, 0.3) is 0 Å². The number of hydrogen-bond acceptors (Lipinski definition) is 4. The molecule has 5 nitrogen and oxygen atoms in total. The first-order valence-electron chi connectivity index (χ1n) is 5.19. The molecule has 0 saturated carbocycles. The van der Waals surface area contributed by atoms with Crippen LogP contribution in [-0.4, -0.2) is 31.8 Å². The molecule has 0 aliphatic carbocycles. The highest BCUT2D eigenvalue weighted by atomic mass is 16.6. The van der Waals surface area contributed by atoms with Gasteiger partial charge < -0.3 is 14.8 Å². The number of alkyl carbamates (subject to hydrolysis) is 1. The number of nitrogens with one attached hydrogen (secondary N) is 1. The van der Waals surface area contributed by atoms with E-state index in [1.807, 2.05) is 6.92 Å². The molecule has 15 heavy (non-hydrogen) atoms. The highest BCUT2D eigenvalue weighted by Crippen LogP contribution is 2.02. The Hall–Kier alpha value is -1.26. The Kier molecular flexibility index (Phi) is 7.40. The maximum atomic E-state index is 11.2. The minimum absolute atomic E-state index is 0.0902. The molecule has 88 valence electrons. The second kappa shape index (κ2) is 8.08. The molecule has 0 spiro atoms. The molecule has 1 atom stereocenters. The van der Waals surface area contributed by atoms with Gasteiger partial charge in [0.05, 0.1) is 19.1 Å². The Morgan fingerprint density at radius 1 is 1.27 bits per heavy atom. The van der Waals surface area contributed by atoms with Crippen molar-refractivity contribution in [2.24, 2.45) is 5.92 Å². The van der Waals surface area contributed by atoms with Gasteiger partial charge in [0.2, 0.25) is 0 Å². The van der Waals surface area contributed by atoms with E-state index in [1.165, 1.54) is 0 Å². The molecule has 0 aliphatic heterocycles. The molecule has 0 radical (unpaired) electrons. The summed E-state index contributed by atoms with van der Waals surface area (Å²) < 4.78 is 9.54. The summed E-state index contributed by atoms with van der Waals surface area (Å²) in [4.78, 5) is 22.0. The Bertz CT molecular complexity index is 206. The molecule has 1 N–H and O–H groups in total. The minimum Gasteiger partial charge on any atom is -0.464 e. The molecule has 0 rings (SSSR count). The molecule has 5 heteroatoms. The molecule has 0 saturated heterocycles. The first-order chi connectivity index (χ1) is 7.11. The normalized spacial score (nSPS) is 11.7. The second-order valence-electron chi connectivity index (χ2n) is 3.12. The van der Waals surface area contributed by atoms with Crippen LogP contribution >= 0.6 is 0 Å². The Morgan fingerprint density at radius 3 is 2.47 bits per heavy atom. The lowest BCUT2D eigenvalue weighted by molar-refractivity contribution is -0.147. The number of rotatable bonds is 6. The molecule has 0 bridgehead atoms. The van der Waals surface area contributed by atoms with Crippen LogP contribution in [0.1, 0.15) is 27.2 Å². The summed E-state index contributed by atoms with van der Waals surface area (Å²) in [5.74, 6) is -0.323. The van der Waals surface area contributed by atoms with Gasteiger partial charge in [-0.2, -0.15) is 0 Å². The van der Waals surface area contributed by atoms with Gasteiger partial charge in [-0.15, -0.1) is 0 Å². The van der Waals surface area contributed by atoms with E-state index in [9.17, 15) is 9.59 Å². The molecule has 0 fully saturated rings. The number of carbonyl (C=O) groups is 2. The van der Waals surface area contributed by atoms with E-state index < -0.39 is 6.09 Å². The summed E-state index contributed by atoms with van der Waals surface area (Å²) in [5, 5.41) is 2.46. The van der Waals surface area contributed by atoms with Gasteiger partial charge >= 0.3 is 12.1 Å². The molecule has 1 amide bonds. The topological polar surface area (TPSA) is 64.6 Å². The van der Waals surface area contributed by atoms with Crippen molar-refractivity contribution in [1.82, 2.24) is 5.32 Å². The van der Waals surface area contributed by atoms with E-state index in [4.69, 9.17) is 4.74 Å². The average molecular weight is 217 g/mol. The van der Waals surface area contributed by atoms with Crippen LogP contribution in [0.2, 0.25) is 0 Å². The lowest BCUT2D eigenvalue weighted by atomic mass is 10.1. The fourth-order valence-electron chi connectivity index (χ4n) is 0.796. The van der Waals surface area contributed by atoms with Crippen LogP contribution < -0.4 is 5.32 Å². The quantitative estimate of drug-likeness (QED) is 0.538. The fraction of sp³-hybridized carbons (Fsp3) is 0.800. The zero-order chi connectivity index (χ0) is 11.7. The third-order valence-corrected chi connectivity index (χ3v) is 1.91. The van der Waals surface area contributed by atoms with Crippen LogP contribution in [0.15, 0.2) is 0 Å². The molecule has 1 unspecified atom stereocenters. The summed E-state index contributed by atoms with van der Waals surface area (Å²) in [5.41, 5.74) is 0. The number of hydrogen-bond donors (Lipinski definition) is 1. The zero-order valence-electron chi connectivity index (χ0n) is 9.54. The van der Waals surface area contributed by atoms with Gasteiger partial charge in [-0.1, -0.05) is 13.8 Å². The van der Waals surface area contributed by atoms with E-state index in [1.54, 1.807) is 13.8 Å². The van der Waals surface area contributed by atoms with Gasteiger partial charge in [0.15, 0.2) is 0 Å². The summed E-state index contributed by atoms with van der Waals surface area (Å²) in [6, 6.07) is 0. The predicted octanol–water partition coefficient (Wildman–Crippen LogP) is 1.32. The van der Waals surface area contributed by atoms with Crippen molar-refractivity contribution in [2.75, 3.05) is 19.8 Å². The zero-order valence-corrected chi connectivity index (χ0v) is 9.54. The SMILES string of the molecule is CCOC(=O)NCCOC(=O)C(C)CC. The van der Waals surface area contributed by atoms with E-state index in [0.717, 1.165) is 6.42 Å². The van der Waals surface area contributed by atoms with Crippen LogP contribution in [-0.2, 0) is 14.3 Å². The van der Waals surface area contributed by atoms with Gasteiger partial charge in [0, 0.05) is 0 Å². The Labute approximate surface area is 90.1 Å². The highest BCUT2D eigenvalue weighted by molar-refractivity contribution is 5.72. The van der Waals surface area contributed by atoms with Crippen molar-refractivity contribution in [3.05, 3.63) is 0 Å². The van der Waals surface area contributed by atoms with Gasteiger partial charge in [-0.05, 0) is 13.3 Å². The van der Waals surface area contributed by atoms with Crippen molar-refractivity contribution in [2.45, 2.75) is 27.2 Å². The van der Waals surface area contributed by atoms with Crippen LogP contribution in [0, 0.1) is 5.92 Å². The van der Waals surface area contributed by atoms with Gasteiger partial charge in [-0.25, -0.2) is 4.79 Å². The summed E-state index contributed by atoms with van der Waals surface area (Å²) in [6.07, 6.45) is 0.265. The van der Waals surface area contributed by atoms with Gasteiger partial charge in [0.1, 0.15) is 6.61 Å². The maximum Gasteiger partial charge on any atom is 0.407 e. The third-order valence-electron chi connectivity index (χ3n) is 1.91. The summed E-state index contributed by atoms with van der Waals surface area (Å²) in [7, 11) is 0. The maximum absolute atomic E-state index is 11.2. The van der Waals surface area contributed by atoms with Crippen molar-refractivity contribution >= 4 is 12.1 Å². The van der Waals surface area contributed by atoms with E-state index in [2.05, 4.69) is 10.1 Å². The average Bonchev–Trinajstić information content (AvgIpc) is 2.23. The van der Waals surface area contributed by atoms with Crippen molar-refractivity contribution < 1.29 is 19.1 Å². The minimum atomic E-state index is -0.489. The summed E-state index contributed by atoms with van der Waals surface area (Å²) in [6.45, 7) is 6.24. The molecule has 0 aromatic carbocycles. The van der Waals surface area contributed by atoms with Crippen LogP contribution in [0.3, 0.4) is 0 Å². The highest BCUT2D eigenvalue weighted by Gasteiger charge is 2.11. The fourth-order valence-corrected chi connectivity index (χ4v) is 0.796. The monoisotopic (exact) mass is 217 g/mol. The van der Waals surface area contributed by atoms with E-state index in [0.29, 0.717) is 6.61 Å². The lowest BCUT2D eigenvalue weighted by Gasteiger charge is -2.09. The molecule has 0 aliphatic rings. The molecule has 0 heterocycles. The van der Waals surface area contributed by atoms with Crippen LogP contribution in [0.5, 0.6) is 0 Å². The molecule has 0 aromatic rings. The standard InChI is InChI=1S/C10H19NO4/c1-4-8(3)9(12)15-7-6-11-10(13)14-5-2/h8H,4-7H2,1-3H3,(H,11,13). The van der Waals surface area contributed by atoms with Crippen molar-refractivity contribution in [1.29, 1.82) is 0 Å². The molecular weight excluding hydrogens is 198 g/mol. The number of ether oxygens (including phenoxy) is 2. The molecule has 0 aromatic heterocycles. The molecular formula is C10H19NO4. The Morgan fingerprint density at radius 2 is 1.93 bits per heavy atom. The number of carbonyl (C=O) groups excluding carboxylic acids is 2. The van der Waals surface area contributed by atoms with E-state index >= 15 is 0 Å². The number of esters is 1. The van der Waals surface area contributed by atoms with Crippen molar-refractivity contribution in [3.63, 3.8) is 0 Å². The third kappa shape index (κ3) is 6.76. The first kappa shape index (κ1) is 13.7. The lowest BCUT2D eigenvalue weighted by Crippen LogP contribution is -2.29. The van der Waals surface area contributed by atoms with Gasteiger partial charge in [-0.3, -0.25) is 4.79 Å². The van der Waals surface area contributed by atoms with Crippen LogP contribution in [0.4, 0.5) is 4.79 Å². The first-order valence-corrected chi connectivity index (χ1v) is 5.19. The van der Waals surface area contributed by atoms with E-state index in [-0.39, 0.29) is 25.0 Å². The predicted molar refractivity (Wildman–Crippen MR) is 55.4 cm³/mol. The number of amides is 1. The largest absolute Gasteiger partial charge is 0.464 e. The van der Waals surface area contributed by atoms with Crippen molar-refractivity contribution in [3.8, 4) is 0 Å². The van der Waals surface area contributed by atoms with Crippen LogP contribution in [0.25, 0.3) is 0 Å². The summed E-state index contributed by atoms with van der Waals surface area (Å²) >= 11 is 0. The Balaban J connectivity index is 3.46. The smallest absolute Gasteiger partial charge is 0.407 e. The second-order valence-corrected chi connectivity index (χ2v) is 3.12.